The lowest BCUT2D eigenvalue weighted by Crippen LogP contribution is -2.13. The Morgan fingerprint density at radius 1 is 1.14 bits per heavy atom. The largest absolute Gasteiger partial charge is 0.431 e. The Balaban J connectivity index is 1.77. The predicted molar refractivity (Wildman–Crippen MR) is 84.8 cm³/mol. The van der Waals surface area contributed by atoms with Gasteiger partial charge in [0.1, 0.15) is 5.52 Å². The van der Waals surface area contributed by atoms with Gasteiger partial charge in [0.2, 0.25) is 0 Å². The number of Topliss-reactive ketones (excluding diaryl/α,β-unsaturated/α-hetero) is 1. The lowest BCUT2D eigenvalue weighted by atomic mass is 10.1. The van der Waals surface area contributed by atoms with E-state index in [0.717, 1.165) is 22.2 Å². The van der Waals surface area contributed by atoms with Crippen molar-refractivity contribution in [3.63, 3.8) is 0 Å². The molecule has 0 amide bonds. The zero-order valence-electron chi connectivity index (χ0n) is 11.9. The molecule has 0 unspecified atom stereocenters. The van der Waals surface area contributed by atoms with Gasteiger partial charge in [-0.3, -0.25) is 4.79 Å². The molecule has 4 heteroatoms. The average molecular weight is 297 g/mol. The number of carbonyl (C=O) groups is 1. The minimum absolute atomic E-state index is 0.0854. The van der Waals surface area contributed by atoms with Gasteiger partial charge in [-0.1, -0.05) is 53.7 Å². The van der Waals surface area contributed by atoms with Gasteiger partial charge in [-0.2, -0.15) is 0 Å². The molecule has 0 saturated carbocycles. The van der Waals surface area contributed by atoms with Crippen LogP contribution in [0.2, 0.25) is 0 Å². The van der Waals surface area contributed by atoms with Crippen molar-refractivity contribution < 1.29 is 9.21 Å². The summed E-state index contributed by atoms with van der Waals surface area (Å²) in [5.74, 6) is 0.0854. The molecule has 3 rings (SSSR count). The van der Waals surface area contributed by atoms with E-state index < -0.39 is 0 Å². The molecule has 0 aliphatic heterocycles. The number of rotatable bonds is 4. The molecule has 0 fully saturated rings. The van der Waals surface area contributed by atoms with E-state index in [4.69, 9.17) is 4.42 Å². The highest BCUT2D eigenvalue weighted by molar-refractivity contribution is 8.00. The van der Waals surface area contributed by atoms with E-state index in [1.807, 2.05) is 62.4 Å². The minimum Gasteiger partial charge on any atom is -0.431 e. The molecular weight excluding hydrogens is 282 g/mol. The summed E-state index contributed by atoms with van der Waals surface area (Å²) < 4.78 is 5.64. The van der Waals surface area contributed by atoms with Crippen LogP contribution >= 0.6 is 11.8 Å². The summed E-state index contributed by atoms with van der Waals surface area (Å²) in [6, 6.07) is 15.2. The summed E-state index contributed by atoms with van der Waals surface area (Å²) in [5.41, 5.74) is 3.42. The van der Waals surface area contributed by atoms with Gasteiger partial charge in [0.05, 0.1) is 5.25 Å². The Labute approximate surface area is 127 Å². The lowest BCUT2D eigenvalue weighted by Gasteiger charge is -2.07. The number of carbonyl (C=O) groups excluding carboxylic acids is 1. The number of ketones is 1. The van der Waals surface area contributed by atoms with Crippen LogP contribution in [0.5, 0.6) is 0 Å². The standard InChI is InChI=1S/C17H15NO2S/c1-11-7-9-13(10-8-11)16(19)12(2)21-17-18-14-5-3-4-6-15(14)20-17/h3-10,12H,1-2H3/t12-/m0/s1. The Bertz CT molecular complexity index is 744. The molecule has 0 bridgehead atoms. The molecule has 0 N–H and O–H groups in total. The van der Waals surface area contributed by atoms with Crippen molar-refractivity contribution >= 4 is 28.6 Å². The van der Waals surface area contributed by atoms with Crippen LogP contribution in [0.1, 0.15) is 22.8 Å². The number of nitrogens with zero attached hydrogens (tertiary/aromatic N) is 1. The van der Waals surface area contributed by atoms with Crippen LogP contribution in [0.15, 0.2) is 58.2 Å². The number of hydrogen-bond acceptors (Lipinski definition) is 4. The molecule has 0 aliphatic carbocycles. The molecule has 1 aromatic heterocycles. The van der Waals surface area contributed by atoms with Crippen LogP contribution < -0.4 is 0 Å². The highest BCUT2D eigenvalue weighted by Gasteiger charge is 2.19. The number of aryl methyl sites for hydroxylation is 1. The van der Waals surface area contributed by atoms with E-state index in [2.05, 4.69) is 4.98 Å². The van der Waals surface area contributed by atoms with E-state index in [0.29, 0.717) is 5.22 Å². The lowest BCUT2D eigenvalue weighted by molar-refractivity contribution is 0.0993. The van der Waals surface area contributed by atoms with Gasteiger partial charge in [-0.05, 0) is 26.0 Å². The molecule has 1 heterocycles. The van der Waals surface area contributed by atoms with Crippen LogP contribution in [0.3, 0.4) is 0 Å². The predicted octanol–water partition coefficient (Wildman–Crippen LogP) is 4.50. The van der Waals surface area contributed by atoms with Gasteiger partial charge in [-0.25, -0.2) is 4.98 Å². The molecule has 1 atom stereocenters. The van der Waals surface area contributed by atoms with Crippen molar-refractivity contribution in [3.05, 3.63) is 59.7 Å². The van der Waals surface area contributed by atoms with Gasteiger partial charge in [0.15, 0.2) is 11.4 Å². The first kappa shape index (κ1) is 13.9. The summed E-state index contributed by atoms with van der Waals surface area (Å²) in [6.07, 6.45) is 0. The van der Waals surface area contributed by atoms with E-state index in [1.54, 1.807) is 0 Å². The maximum atomic E-state index is 12.4. The number of para-hydroxylation sites is 2. The molecule has 3 nitrogen and oxygen atoms in total. The maximum absolute atomic E-state index is 12.4. The second-order valence-electron chi connectivity index (χ2n) is 4.94. The Morgan fingerprint density at radius 3 is 2.57 bits per heavy atom. The third-order valence-electron chi connectivity index (χ3n) is 3.26. The van der Waals surface area contributed by atoms with E-state index in [9.17, 15) is 4.79 Å². The molecule has 0 saturated heterocycles. The first-order valence-corrected chi connectivity index (χ1v) is 7.64. The van der Waals surface area contributed by atoms with Gasteiger partial charge >= 0.3 is 0 Å². The molecule has 106 valence electrons. The zero-order valence-corrected chi connectivity index (χ0v) is 12.7. The summed E-state index contributed by atoms with van der Waals surface area (Å²) in [5, 5.41) is 0.296. The third-order valence-corrected chi connectivity index (χ3v) is 4.20. The molecule has 3 aromatic rings. The van der Waals surface area contributed by atoms with Crippen molar-refractivity contribution in [1.29, 1.82) is 0 Å². The minimum atomic E-state index is -0.235. The normalized spacial score (nSPS) is 12.5. The van der Waals surface area contributed by atoms with Gasteiger partial charge in [0.25, 0.3) is 5.22 Å². The van der Waals surface area contributed by atoms with Gasteiger partial charge < -0.3 is 4.42 Å². The zero-order chi connectivity index (χ0) is 14.8. The summed E-state index contributed by atoms with van der Waals surface area (Å²) in [7, 11) is 0. The quantitative estimate of drug-likeness (QED) is 0.525. The molecule has 0 spiro atoms. The summed E-state index contributed by atoms with van der Waals surface area (Å²) in [4.78, 5) is 16.8. The number of aromatic nitrogens is 1. The van der Waals surface area contributed by atoms with Gasteiger partial charge in [0, 0.05) is 5.56 Å². The van der Waals surface area contributed by atoms with Crippen LogP contribution in [-0.4, -0.2) is 16.0 Å². The number of thioether (sulfide) groups is 1. The second kappa shape index (κ2) is 5.74. The first-order chi connectivity index (χ1) is 10.1. The molecule has 21 heavy (non-hydrogen) atoms. The topological polar surface area (TPSA) is 43.1 Å². The summed E-state index contributed by atoms with van der Waals surface area (Å²) in [6.45, 7) is 3.88. The third kappa shape index (κ3) is 3.00. The fourth-order valence-electron chi connectivity index (χ4n) is 2.06. The maximum Gasteiger partial charge on any atom is 0.257 e. The number of fused-ring (bicyclic) bond motifs is 1. The number of benzene rings is 2. The molecular formula is C17H15NO2S. The smallest absolute Gasteiger partial charge is 0.257 e. The van der Waals surface area contributed by atoms with Crippen LogP contribution in [0, 0.1) is 6.92 Å². The van der Waals surface area contributed by atoms with Crippen molar-refractivity contribution in [2.75, 3.05) is 0 Å². The van der Waals surface area contributed by atoms with Crippen molar-refractivity contribution in [2.45, 2.75) is 24.3 Å². The highest BCUT2D eigenvalue weighted by Crippen LogP contribution is 2.28. The van der Waals surface area contributed by atoms with E-state index in [-0.39, 0.29) is 11.0 Å². The summed E-state index contributed by atoms with van der Waals surface area (Å²) >= 11 is 1.35. The fourth-order valence-corrected chi connectivity index (χ4v) is 2.89. The molecule has 0 aliphatic rings. The van der Waals surface area contributed by atoms with Crippen LogP contribution in [-0.2, 0) is 0 Å². The van der Waals surface area contributed by atoms with E-state index in [1.165, 1.54) is 11.8 Å². The monoisotopic (exact) mass is 297 g/mol. The van der Waals surface area contributed by atoms with Crippen LogP contribution in [0.4, 0.5) is 0 Å². The fraction of sp³-hybridized carbons (Fsp3) is 0.176. The van der Waals surface area contributed by atoms with Crippen molar-refractivity contribution in [3.8, 4) is 0 Å². The Morgan fingerprint density at radius 2 is 1.86 bits per heavy atom. The average Bonchev–Trinajstić information content (AvgIpc) is 2.89. The van der Waals surface area contributed by atoms with Crippen molar-refractivity contribution in [2.24, 2.45) is 0 Å². The van der Waals surface area contributed by atoms with Crippen molar-refractivity contribution in [1.82, 2.24) is 4.98 Å². The molecule has 2 aromatic carbocycles. The Hall–Kier alpha value is -2.07. The Kier molecular flexibility index (Phi) is 3.80. The SMILES string of the molecule is Cc1ccc(C(=O)[C@H](C)Sc2nc3ccccc3o2)cc1. The highest BCUT2D eigenvalue weighted by atomic mass is 32.2. The number of oxazole rings is 1. The number of hydrogen-bond donors (Lipinski definition) is 0. The van der Waals surface area contributed by atoms with Crippen LogP contribution in [0.25, 0.3) is 11.1 Å². The second-order valence-corrected chi connectivity index (χ2v) is 6.23. The molecule has 0 radical (unpaired) electrons. The van der Waals surface area contributed by atoms with Gasteiger partial charge in [-0.15, -0.1) is 0 Å². The first-order valence-electron chi connectivity index (χ1n) is 6.76. The van der Waals surface area contributed by atoms with E-state index >= 15 is 0 Å².